The van der Waals surface area contributed by atoms with E-state index in [2.05, 4.69) is 590 Å². The van der Waals surface area contributed by atoms with Crippen molar-refractivity contribution in [3.05, 3.63) is 497 Å². The molecule has 4 aliphatic heterocycles. The van der Waals surface area contributed by atoms with Crippen LogP contribution in [-0.4, -0.2) is 60.5 Å². The highest BCUT2D eigenvalue weighted by Crippen LogP contribution is 2.52. The number of para-hydroxylation sites is 13. The van der Waals surface area contributed by atoms with Gasteiger partial charge in [-0.05, 0) is 165 Å². The first-order valence-corrected chi connectivity index (χ1v) is 58.5. The highest BCUT2D eigenvalue weighted by Gasteiger charge is 2.50. The number of fused-ring (bicyclic) bond motifs is 8. The molecule has 0 amide bonds. The average molecular weight is 1890 g/mol. The molecule has 0 saturated carbocycles. The number of hydrogen-bond donors (Lipinski definition) is 0. The lowest BCUT2D eigenvalue weighted by Gasteiger charge is -2.44. The van der Waals surface area contributed by atoms with Gasteiger partial charge in [0.05, 0.1) is 45.5 Å². The van der Waals surface area contributed by atoms with E-state index in [9.17, 15) is 0 Å². The molecule has 138 heavy (non-hydrogen) atoms. The highest BCUT2D eigenvalue weighted by atomic mass is 32.2. The van der Waals surface area contributed by atoms with E-state index in [1.165, 1.54) is 113 Å². The fraction of sp³-hybridized carbons (Fsp3) is 0.150. The third-order valence-electron chi connectivity index (χ3n) is 28.0. The molecule has 0 unspecified atom stereocenters. The number of rotatable bonds is 10. The quantitative estimate of drug-likeness (QED) is 0.0994. The predicted octanol–water partition coefficient (Wildman–Crippen LogP) is 27.3. The van der Waals surface area contributed by atoms with E-state index in [0.29, 0.717) is 5.04 Å². The van der Waals surface area contributed by atoms with Crippen molar-refractivity contribution >= 4 is 164 Å². The van der Waals surface area contributed by atoms with Crippen molar-refractivity contribution in [2.75, 3.05) is 52.7 Å². The molecule has 0 N–H and O–H groups in total. The number of anilines is 11. The minimum absolute atomic E-state index is 0.148. The Morgan fingerprint density at radius 2 is 0.478 bits per heavy atom. The van der Waals surface area contributed by atoms with Gasteiger partial charge in [0.1, 0.15) is 16.1 Å². The zero-order valence-electron chi connectivity index (χ0n) is 82.8. The fourth-order valence-corrected chi connectivity index (χ4v) is 38.8. The Kier molecular flexibility index (Phi) is 30.0. The SMILES string of the molecule is CC(C)(C)[Si](C)(c1ccccc1)c1ccccc1.CC(C)(C)[Si](c1ccccc1)(c1ccccc1)c1ccccc1.CC(C)(C)c1ccc([Si](c2ccccc2)(c2ccccc2)c2ccccc2)cc1.CN1c2ccccc2N(c2ccccc2)c2ccccc21.CN1c2ccccc2Oc2ccccc21.CN1c2ccccc2Sc2ccccc21.CN1c2ccccc2[Si](C)(C)c2ccccc21. The van der Waals surface area contributed by atoms with Crippen molar-refractivity contribution < 1.29 is 4.74 Å². The Balaban J connectivity index is 0.000000118. The summed E-state index contributed by atoms with van der Waals surface area (Å²) in [5.74, 6) is 1.83. The first-order valence-electron chi connectivity index (χ1n) is 48.2. The predicted molar refractivity (Wildman–Crippen MR) is 609 cm³/mol. The van der Waals surface area contributed by atoms with Crippen molar-refractivity contribution in [1.82, 2.24) is 0 Å². The van der Waals surface area contributed by atoms with Gasteiger partial charge in [0.15, 0.2) is 27.6 Å². The number of ether oxygens (including phenoxy) is 1. The molecule has 18 aromatic rings. The van der Waals surface area contributed by atoms with Gasteiger partial charge in [0, 0.05) is 55.0 Å². The second-order valence-corrected chi connectivity index (χ2v) is 58.4. The highest BCUT2D eigenvalue weighted by molar-refractivity contribution is 7.99. The van der Waals surface area contributed by atoms with Crippen molar-refractivity contribution in [2.24, 2.45) is 0 Å². The van der Waals surface area contributed by atoms with E-state index in [1.807, 2.05) is 48.2 Å². The third-order valence-corrected chi connectivity index (χ3v) is 49.2. The number of hydrogen-bond acceptors (Lipinski definition) is 7. The van der Waals surface area contributed by atoms with E-state index < -0.39 is 32.3 Å². The molecule has 6 nitrogen and oxygen atoms in total. The molecular formula is C127H129N5OSSi4. The molecule has 0 bridgehead atoms. The minimum atomic E-state index is -2.38. The zero-order valence-corrected chi connectivity index (χ0v) is 87.6. The average Bonchev–Trinajstić information content (AvgIpc) is 0.839. The van der Waals surface area contributed by atoms with Gasteiger partial charge < -0.3 is 29.2 Å². The Morgan fingerprint density at radius 3 is 0.812 bits per heavy atom. The van der Waals surface area contributed by atoms with Gasteiger partial charge in [0.2, 0.25) is 0 Å². The molecule has 0 saturated heterocycles. The summed E-state index contributed by atoms with van der Waals surface area (Å²) in [5.41, 5.74) is 15.1. The molecule has 0 atom stereocenters. The topological polar surface area (TPSA) is 25.4 Å². The molecule has 0 fully saturated rings. The van der Waals surface area contributed by atoms with E-state index in [0.717, 1.165) is 22.9 Å². The van der Waals surface area contributed by atoms with E-state index in [1.54, 1.807) is 10.4 Å². The maximum Gasteiger partial charge on any atom is 0.179 e. The smallest absolute Gasteiger partial charge is 0.179 e. The van der Waals surface area contributed by atoms with E-state index >= 15 is 0 Å². The standard InChI is InChI=1S/C28H28Si.C22H24Si.C19H16N2.C17H22Si.C15H17NSi.C13H11NO.C13H11NS/c1-28(2,3)23-19-21-27(22-20-23)29(24-13-7-4-8-14-24,25-15-9-5-10-16-25)26-17-11-6-12-18-26;1-22(2,3)23(19-13-7-4-8-14-19,20-15-9-5-10-16-20)21-17-11-6-12-18-21;1-20-16-11-5-7-13-18(16)21(15-9-3-2-4-10-15)19-14-8-6-12-17(19)20;1-17(2,3)18(4,15-11-7-5-8-12-15)16-13-9-6-10-14-16;1-16-12-8-4-6-10-14(12)17(2,3)15-11-7-5-9-13(15)16;2*1-14-10-6-2-4-8-12(10)15-13-9-5-3-7-11(13)14/h4-22H,1-3H3;4-18H,1-3H3;2-14H,1H3;5-14H,1-4H3;4-11H,1-3H3;2*2-9H,1H3. The maximum atomic E-state index is 5.81. The van der Waals surface area contributed by atoms with Gasteiger partial charge in [-0.15, -0.1) is 0 Å². The lowest BCUT2D eigenvalue weighted by atomic mass is 9.87. The molecule has 690 valence electrons. The van der Waals surface area contributed by atoms with Crippen LogP contribution in [0.15, 0.2) is 501 Å². The van der Waals surface area contributed by atoms with Crippen LogP contribution in [0.1, 0.15) is 67.9 Å². The molecule has 0 radical (unpaired) electrons. The third kappa shape index (κ3) is 20.1. The fourth-order valence-electron chi connectivity index (χ4n) is 20.4. The van der Waals surface area contributed by atoms with Gasteiger partial charge in [-0.25, -0.2) is 0 Å². The summed E-state index contributed by atoms with van der Waals surface area (Å²) >= 11 is 1.84. The second kappa shape index (κ2) is 42.7. The van der Waals surface area contributed by atoms with Gasteiger partial charge in [0.25, 0.3) is 0 Å². The summed E-state index contributed by atoms with van der Waals surface area (Å²) in [4.78, 5) is 14.0. The Labute approximate surface area is 830 Å². The molecule has 4 heterocycles. The van der Waals surface area contributed by atoms with Crippen LogP contribution in [0.5, 0.6) is 11.5 Å². The van der Waals surface area contributed by atoms with Crippen LogP contribution in [0.2, 0.25) is 29.7 Å². The molecular weight excluding hydrogens is 1760 g/mol. The van der Waals surface area contributed by atoms with Gasteiger partial charge in [-0.1, -0.05) is 498 Å². The largest absolute Gasteiger partial charge is 0.453 e. The zero-order chi connectivity index (χ0) is 96.7. The van der Waals surface area contributed by atoms with Crippen molar-refractivity contribution in [1.29, 1.82) is 0 Å². The van der Waals surface area contributed by atoms with Crippen LogP contribution in [0.4, 0.5) is 62.6 Å². The van der Waals surface area contributed by atoms with E-state index in [-0.39, 0.29) is 10.5 Å². The second-order valence-electron chi connectivity index (χ2n) is 39.5. The lowest BCUT2D eigenvalue weighted by molar-refractivity contribution is 0.475. The first kappa shape index (κ1) is 97.1. The molecule has 0 spiro atoms. The summed E-state index contributed by atoms with van der Waals surface area (Å²) in [6.45, 7) is 28.5. The van der Waals surface area contributed by atoms with Crippen LogP contribution in [0, 0.1) is 0 Å². The van der Waals surface area contributed by atoms with Crippen LogP contribution in [-0.2, 0) is 5.41 Å². The summed E-state index contributed by atoms with van der Waals surface area (Å²) in [6.07, 6.45) is 0. The minimum Gasteiger partial charge on any atom is -0.453 e. The number of benzene rings is 18. The molecule has 18 aromatic carbocycles. The Morgan fingerprint density at radius 1 is 0.232 bits per heavy atom. The summed E-state index contributed by atoms with van der Waals surface area (Å²) in [7, 11) is 0.745. The molecule has 0 aliphatic carbocycles. The Hall–Kier alpha value is -14.0. The molecule has 4 aliphatic rings. The molecule has 11 heteroatoms. The van der Waals surface area contributed by atoms with Gasteiger partial charge in [-0.2, -0.15) is 0 Å². The van der Waals surface area contributed by atoms with Crippen LogP contribution in [0.25, 0.3) is 0 Å². The maximum absolute atomic E-state index is 5.81. The molecule has 22 rings (SSSR count). The summed E-state index contributed by atoms with van der Waals surface area (Å²) < 4.78 is 5.81. The monoisotopic (exact) mass is 1880 g/mol. The van der Waals surface area contributed by atoms with Gasteiger partial charge in [-0.3, -0.25) is 0 Å². The van der Waals surface area contributed by atoms with Gasteiger partial charge >= 0.3 is 0 Å². The van der Waals surface area contributed by atoms with Crippen LogP contribution in [0.3, 0.4) is 0 Å². The van der Waals surface area contributed by atoms with Crippen LogP contribution < -0.4 is 86.3 Å². The van der Waals surface area contributed by atoms with E-state index in [4.69, 9.17) is 4.74 Å². The summed E-state index contributed by atoms with van der Waals surface area (Å²) in [6, 6.07) is 176. The normalized spacial score (nSPS) is 12.9. The molecule has 0 aromatic heterocycles. The van der Waals surface area contributed by atoms with Crippen molar-refractivity contribution in [3.8, 4) is 11.5 Å². The van der Waals surface area contributed by atoms with Crippen molar-refractivity contribution in [3.63, 3.8) is 0 Å². The van der Waals surface area contributed by atoms with Crippen molar-refractivity contribution in [2.45, 2.75) is 107 Å². The summed E-state index contributed by atoms with van der Waals surface area (Å²) in [5, 5.41) is 16.7. The first-order chi connectivity index (χ1) is 66.8. The van der Waals surface area contributed by atoms with Crippen LogP contribution >= 0.6 is 11.8 Å². The lowest BCUT2D eigenvalue weighted by Crippen LogP contribution is -2.74. The Bertz CT molecular complexity index is 6490. The number of nitrogens with zero attached hydrogens (tertiary/aromatic N) is 5.